The summed E-state index contributed by atoms with van der Waals surface area (Å²) in [7, 11) is 0. The van der Waals surface area contributed by atoms with Gasteiger partial charge in [-0.15, -0.1) is 0 Å². The van der Waals surface area contributed by atoms with Crippen molar-refractivity contribution in [2.24, 2.45) is 5.10 Å². The fourth-order valence-corrected chi connectivity index (χ4v) is 2.16. The summed E-state index contributed by atoms with van der Waals surface area (Å²) in [6.45, 7) is 3.26. The lowest BCUT2D eigenvalue weighted by Gasteiger charge is -2.28. The molecule has 0 spiro atoms. The van der Waals surface area contributed by atoms with E-state index in [1.165, 1.54) is 6.21 Å². The molecule has 1 fully saturated rings. The van der Waals surface area contributed by atoms with Crippen molar-refractivity contribution < 1.29 is 14.2 Å². The smallest absolute Gasteiger partial charge is 0.297 e. The van der Waals surface area contributed by atoms with E-state index in [4.69, 9.17) is 10.5 Å². The predicted molar refractivity (Wildman–Crippen MR) is 83.2 cm³/mol. The van der Waals surface area contributed by atoms with Gasteiger partial charge in [0, 0.05) is 18.8 Å². The van der Waals surface area contributed by atoms with Crippen LogP contribution in [-0.4, -0.2) is 48.7 Å². The molecule has 0 radical (unpaired) electrons. The van der Waals surface area contributed by atoms with Gasteiger partial charge in [0.1, 0.15) is 0 Å². The Kier molecular flexibility index (Phi) is 4.48. The lowest BCUT2D eigenvalue weighted by atomic mass is 10.2. The van der Waals surface area contributed by atoms with E-state index in [2.05, 4.69) is 30.4 Å². The second-order valence-corrected chi connectivity index (χ2v) is 4.89. The Hall–Kier alpha value is -2.94. The molecule has 23 heavy (non-hydrogen) atoms. The highest BCUT2D eigenvalue weighted by Gasteiger charge is 2.15. The minimum atomic E-state index is -0.579. The zero-order chi connectivity index (χ0) is 16.1. The summed E-state index contributed by atoms with van der Waals surface area (Å²) in [6, 6.07) is 7.86. The molecule has 0 aliphatic carbocycles. The third kappa shape index (κ3) is 3.64. The minimum Gasteiger partial charge on any atom is -0.379 e. The quantitative estimate of drug-likeness (QED) is 0.613. The largest absolute Gasteiger partial charge is 0.379 e. The molecule has 1 aromatic carbocycles. The van der Waals surface area contributed by atoms with Crippen LogP contribution in [0.15, 0.2) is 34.0 Å². The zero-order valence-electron chi connectivity index (χ0n) is 12.3. The van der Waals surface area contributed by atoms with Crippen LogP contribution in [0.2, 0.25) is 0 Å². The minimum absolute atomic E-state index is 0.0763. The maximum Gasteiger partial charge on any atom is 0.297 e. The maximum atomic E-state index is 11.7. The number of hydrazone groups is 1. The Morgan fingerprint density at radius 3 is 2.65 bits per heavy atom. The highest BCUT2D eigenvalue weighted by atomic mass is 16.6. The fourth-order valence-electron chi connectivity index (χ4n) is 2.16. The number of morpholine rings is 1. The monoisotopic (exact) mass is 316 g/mol. The number of hydrogen-bond acceptors (Lipinski definition) is 8. The molecule has 0 atom stereocenters. The average molecular weight is 316 g/mol. The molecule has 1 aromatic heterocycles. The van der Waals surface area contributed by atoms with Crippen molar-refractivity contribution in [3.05, 3.63) is 35.5 Å². The number of nitrogens with two attached hydrogens (primary N) is 1. The van der Waals surface area contributed by atoms with Gasteiger partial charge in [-0.05, 0) is 28.0 Å². The maximum absolute atomic E-state index is 11.7. The number of benzene rings is 1. The summed E-state index contributed by atoms with van der Waals surface area (Å²) in [5.41, 5.74) is 9.63. The van der Waals surface area contributed by atoms with E-state index in [0.717, 1.165) is 37.6 Å². The molecule has 0 bridgehead atoms. The highest BCUT2D eigenvalue weighted by Crippen LogP contribution is 2.15. The second-order valence-electron chi connectivity index (χ2n) is 4.89. The van der Waals surface area contributed by atoms with Crippen LogP contribution in [-0.2, 0) is 4.74 Å². The summed E-state index contributed by atoms with van der Waals surface area (Å²) in [5.74, 6) is -0.655. The second kappa shape index (κ2) is 6.88. The Bertz CT molecular complexity index is 691. The van der Waals surface area contributed by atoms with Crippen molar-refractivity contribution in [1.29, 1.82) is 0 Å². The molecule has 3 rings (SSSR count). The number of amides is 1. The van der Waals surface area contributed by atoms with Gasteiger partial charge >= 0.3 is 0 Å². The van der Waals surface area contributed by atoms with Gasteiger partial charge in [-0.2, -0.15) is 5.10 Å². The first-order chi connectivity index (χ1) is 11.2. The van der Waals surface area contributed by atoms with Crippen LogP contribution in [0.5, 0.6) is 0 Å². The molecule has 1 amide bonds. The Morgan fingerprint density at radius 1 is 1.26 bits per heavy atom. The molecular weight excluding hydrogens is 300 g/mol. The molecule has 1 saturated heterocycles. The molecule has 0 saturated carbocycles. The average Bonchev–Trinajstić information content (AvgIpc) is 3.02. The number of rotatable bonds is 4. The molecule has 3 N–H and O–H groups in total. The van der Waals surface area contributed by atoms with Crippen molar-refractivity contribution in [3.63, 3.8) is 0 Å². The summed E-state index contributed by atoms with van der Waals surface area (Å²) in [4.78, 5) is 13.9. The fraction of sp³-hybridized carbons (Fsp3) is 0.286. The Labute approximate surface area is 132 Å². The summed E-state index contributed by atoms with van der Waals surface area (Å²) in [6.07, 6.45) is 1.53. The van der Waals surface area contributed by atoms with Crippen LogP contribution >= 0.6 is 0 Å². The standard InChI is InChI=1S/C14H16N6O3/c15-13-12(18-23-19-13)14(21)17-16-9-10-1-3-11(4-2-10)20-5-7-22-8-6-20/h1-4,9H,5-8H2,(H2,15,19)(H,17,21)/b16-9+. The van der Waals surface area contributed by atoms with E-state index in [1.807, 2.05) is 24.3 Å². The first-order valence-corrected chi connectivity index (χ1v) is 7.08. The van der Waals surface area contributed by atoms with Gasteiger partial charge in [-0.3, -0.25) is 4.79 Å². The van der Waals surface area contributed by atoms with E-state index in [9.17, 15) is 4.79 Å². The van der Waals surface area contributed by atoms with Gasteiger partial charge in [0.15, 0.2) is 0 Å². The third-order valence-corrected chi connectivity index (χ3v) is 3.38. The van der Waals surface area contributed by atoms with Crippen molar-refractivity contribution >= 4 is 23.6 Å². The van der Waals surface area contributed by atoms with Gasteiger partial charge in [-0.1, -0.05) is 12.1 Å². The van der Waals surface area contributed by atoms with Crippen LogP contribution in [0.3, 0.4) is 0 Å². The predicted octanol–water partition coefficient (Wildman–Crippen LogP) is 0.252. The van der Waals surface area contributed by atoms with E-state index in [1.54, 1.807) is 0 Å². The van der Waals surface area contributed by atoms with Gasteiger partial charge in [0.05, 0.1) is 19.4 Å². The number of nitrogens with zero attached hydrogens (tertiary/aromatic N) is 4. The van der Waals surface area contributed by atoms with Gasteiger partial charge < -0.3 is 15.4 Å². The Morgan fingerprint density at radius 2 is 2.00 bits per heavy atom. The van der Waals surface area contributed by atoms with Gasteiger partial charge in [0.2, 0.25) is 11.5 Å². The first-order valence-electron chi connectivity index (χ1n) is 7.08. The molecule has 1 aliphatic rings. The third-order valence-electron chi connectivity index (χ3n) is 3.38. The van der Waals surface area contributed by atoms with Crippen molar-refractivity contribution in [2.45, 2.75) is 0 Å². The summed E-state index contributed by atoms with van der Waals surface area (Å²) >= 11 is 0. The number of carbonyl (C=O) groups is 1. The van der Waals surface area contributed by atoms with Crippen LogP contribution in [0.4, 0.5) is 11.5 Å². The number of nitrogen functional groups attached to an aromatic ring is 1. The van der Waals surface area contributed by atoms with Gasteiger partial charge in [0.25, 0.3) is 5.91 Å². The van der Waals surface area contributed by atoms with E-state index >= 15 is 0 Å². The molecule has 1 aliphatic heterocycles. The number of carbonyl (C=O) groups excluding carboxylic acids is 1. The normalized spacial score (nSPS) is 15.0. The van der Waals surface area contributed by atoms with Crippen molar-refractivity contribution in [1.82, 2.24) is 15.7 Å². The lowest BCUT2D eigenvalue weighted by Crippen LogP contribution is -2.36. The van der Waals surface area contributed by atoms with Crippen LogP contribution in [0, 0.1) is 0 Å². The van der Waals surface area contributed by atoms with Crippen molar-refractivity contribution in [2.75, 3.05) is 36.9 Å². The van der Waals surface area contributed by atoms with Crippen molar-refractivity contribution in [3.8, 4) is 0 Å². The molecule has 2 heterocycles. The van der Waals surface area contributed by atoms with Crippen LogP contribution < -0.4 is 16.1 Å². The number of ether oxygens (including phenoxy) is 1. The summed E-state index contributed by atoms with van der Waals surface area (Å²) in [5, 5.41) is 10.6. The molecule has 9 nitrogen and oxygen atoms in total. The molecule has 0 unspecified atom stereocenters. The molecule has 2 aromatic rings. The molecular formula is C14H16N6O3. The first kappa shape index (κ1) is 15.0. The summed E-state index contributed by atoms with van der Waals surface area (Å²) < 4.78 is 9.68. The molecule has 120 valence electrons. The highest BCUT2D eigenvalue weighted by molar-refractivity contribution is 5.96. The SMILES string of the molecule is Nc1nonc1C(=O)N/N=C/c1ccc(N2CCOCC2)cc1. The Balaban J connectivity index is 1.57. The van der Waals surface area contributed by atoms with Gasteiger partial charge in [-0.25, -0.2) is 10.1 Å². The van der Waals surface area contributed by atoms with E-state index in [0.29, 0.717) is 0 Å². The number of nitrogens with one attached hydrogen (secondary N) is 1. The lowest BCUT2D eigenvalue weighted by molar-refractivity contribution is 0.0946. The van der Waals surface area contributed by atoms with Crippen LogP contribution in [0.25, 0.3) is 0 Å². The molecule has 9 heteroatoms. The number of aromatic nitrogens is 2. The number of anilines is 2. The number of hydrogen-bond donors (Lipinski definition) is 2. The topological polar surface area (TPSA) is 119 Å². The van der Waals surface area contributed by atoms with E-state index in [-0.39, 0.29) is 11.5 Å². The van der Waals surface area contributed by atoms with E-state index < -0.39 is 5.91 Å². The zero-order valence-corrected chi connectivity index (χ0v) is 12.3. The van der Waals surface area contributed by atoms with Crippen LogP contribution in [0.1, 0.15) is 16.1 Å².